The molecule has 174 valence electrons. The summed E-state index contributed by atoms with van der Waals surface area (Å²) in [5.41, 5.74) is 9.47. The van der Waals surface area contributed by atoms with Crippen molar-refractivity contribution in [3.8, 4) is 5.75 Å². The van der Waals surface area contributed by atoms with Gasteiger partial charge in [0, 0.05) is 29.2 Å². The van der Waals surface area contributed by atoms with Crippen LogP contribution in [0.1, 0.15) is 41.4 Å². The van der Waals surface area contributed by atoms with Crippen molar-refractivity contribution in [3.05, 3.63) is 71.7 Å². The van der Waals surface area contributed by atoms with Crippen LogP contribution in [0.3, 0.4) is 0 Å². The molecular weight excluding hydrogens is 432 g/mol. The highest BCUT2D eigenvalue weighted by atomic mass is 16.5. The lowest BCUT2D eigenvalue weighted by atomic mass is 9.98. The van der Waals surface area contributed by atoms with Gasteiger partial charge in [-0.15, -0.1) is 0 Å². The van der Waals surface area contributed by atoms with E-state index in [0.29, 0.717) is 39.3 Å². The highest BCUT2D eigenvalue weighted by molar-refractivity contribution is 6.19. The van der Waals surface area contributed by atoms with Crippen LogP contribution in [-0.2, 0) is 0 Å². The van der Waals surface area contributed by atoms with Crippen molar-refractivity contribution in [2.45, 2.75) is 26.8 Å². The number of ketones is 1. The standard InChI is InChI=1S/C25H26N6O3/c1-14(2)31-12-20(21-23(26)27-13-28-24(21)31)22(32)19-11-17(6-5-15(19)3)30-25(33)29-16-7-9-18(34-4)10-8-16/h5-14H,1-4H3,(H2,26,27,28)(H2,29,30,33). The maximum Gasteiger partial charge on any atom is 0.323 e. The summed E-state index contributed by atoms with van der Waals surface area (Å²) in [5.74, 6) is 0.721. The smallest absolute Gasteiger partial charge is 0.323 e. The van der Waals surface area contributed by atoms with E-state index in [1.54, 1.807) is 55.8 Å². The molecule has 0 bridgehead atoms. The van der Waals surface area contributed by atoms with E-state index in [9.17, 15) is 9.59 Å². The summed E-state index contributed by atoms with van der Waals surface area (Å²) in [6.07, 6.45) is 3.15. The lowest BCUT2D eigenvalue weighted by molar-refractivity contribution is 0.103. The molecule has 9 heteroatoms. The number of benzene rings is 2. The van der Waals surface area contributed by atoms with Gasteiger partial charge in [0.1, 0.15) is 23.5 Å². The molecule has 0 aliphatic carbocycles. The second kappa shape index (κ2) is 9.22. The Kier molecular flexibility index (Phi) is 6.18. The van der Waals surface area contributed by atoms with Crippen LogP contribution >= 0.6 is 0 Å². The lowest BCUT2D eigenvalue weighted by Crippen LogP contribution is -2.19. The first-order valence-electron chi connectivity index (χ1n) is 10.8. The van der Waals surface area contributed by atoms with Crippen LogP contribution in [0.25, 0.3) is 11.0 Å². The molecule has 0 saturated heterocycles. The van der Waals surface area contributed by atoms with Gasteiger partial charge in [0.2, 0.25) is 0 Å². The average molecular weight is 459 g/mol. The SMILES string of the molecule is COc1ccc(NC(=O)Nc2ccc(C)c(C(=O)c3cn(C(C)C)c4ncnc(N)c34)c2)cc1. The summed E-state index contributed by atoms with van der Waals surface area (Å²) >= 11 is 0. The van der Waals surface area contributed by atoms with E-state index in [1.165, 1.54) is 6.33 Å². The number of hydrogen-bond acceptors (Lipinski definition) is 6. The number of aryl methyl sites for hydroxylation is 1. The quantitative estimate of drug-likeness (QED) is 0.357. The van der Waals surface area contributed by atoms with Crippen molar-refractivity contribution in [2.75, 3.05) is 23.5 Å². The van der Waals surface area contributed by atoms with E-state index in [-0.39, 0.29) is 17.6 Å². The number of nitrogens with zero attached hydrogens (tertiary/aromatic N) is 3. The van der Waals surface area contributed by atoms with Gasteiger partial charge in [-0.2, -0.15) is 0 Å². The Morgan fingerprint density at radius 2 is 1.68 bits per heavy atom. The molecule has 2 amide bonds. The van der Waals surface area contributed by atoms with Crippen LogP contribution < -0.4 is 21.1 Å². The fourth-order valence-electron chi connectivity index (χ4n) is 3.73. The molecule has 0 aliphatic heterocycles. The van der Waals surface area contributed by atoms with Crippen LogP contribution in [0, 0.1) is 6.92 Å². The van der Waals surface area contributed by atoms with Crippen molar-refractivity contribution in [1.82, 2.24) is 14.5 Å². The molecule has 0 unspecified atom stereocenters. The number of urea groups is 1. The van der Waals surface area contributed by atoms with Gasteiger partial charge in [-0.1, -0.05) is 6.07 Å². The molecular formula is C25H26N6O3. The van der Waals surface area contributed by atoms with Gasteiger partial charge < -0.3 is 25.7 Å². The van der Waals surface area contributed by atoms with Crippen LogP contribution in [0.2, 0.25) is 0 Å². The summed E-state index contributed by atoms with van der Waals surface area (Å²) in [6, 6.07) is 11.8. The number of nitrogens with one attached hydrogen (secondary N) is 2. The number of nitrogens with two attached hydrogens (primary N) is 1. The van der Waals surface area contributed by atoms with Gasteiger partial charge in [0.05, 0.1) is 18.1 Å². The normalized spacial score (nSPS) is 11.0. The number of carbonyl (C=O) groups excluding carboxylic acids is 2. The second-order valence-electron chi connectivity index (χ2n) is 8.17. The lowest BCUT2D eigenvalue weighted by Gasteiger charge is -2.11. The number of rotatable bonds is 6. The van der Waals surface area contributed by atoms with Crippen molar-refractivity contribution < 1.29 is 14.3 Å². The Hall–Kier alpha value is -4.40. The first-order valence-corrected chi connectivity index (χ1v) is 10.8. The molecule has 0 radical (unpaired) electrons. The molecule has 2 heterocycles. The van der Waals surface area contributed by atoms with Crippen molar-refractivity contribution in [2.24, 2.45) is 0 Å². The second-order valence-corrected chi connectivity index (χ2v) is 8.17. The first-order chi connectivity index (χ1) is 16.3. The van der Waals surface area contributed by atoms with Gasteiger partial charge in [-0.05, 0) is 62.7 Å². The Morgan fingerprint density at radius 3 is 2.35 bits per heavy atom. The van der Waals surface area contributed by atoms with Crippen LogP contribution in [0.5, 0.6) is 5.75 Å². The Labute approximate surface area is 197 Å². The molecule has 4 N–H and O–H groups in total. The summed E-state index contributed by atoms with van der Waals surface area (Å²) in [4.78, 5) is 34.5. The van der Waals surface area contributed by atoms with E-state index in [4.69, 9.17) is 10.5 Å². The maximum atomic E-state index is 13.6. The molecule has 0 saturated carbocycles. The average Bonchev–Trinajstić information content (AvgIpc) is 3.22. The zero-order chi connectivity index (χ0) is 24.4. The van der Waals surface area contributed by atoms with E-state index in [0.717, 1.165) is 5.56 Å². The summed E-state index contributed by atoms with van der Waals surface area (Å²) in [7, 11) is 1.58. The molecule has 4 aromatic rings. The zero-order valence-corrected chi connectivity index (χ0v) is 19.4. The molecule has 9 nitrogen and oxygen atoms in total. The third-order valence-corrected chi connectivity index (χ3v) is 5.53. The molecule has 2 aromatic heterocycles. The van der Waals surface area contributed by atoms with Crippen LogP contribution in [-0.4, -0.2) is 33.5 Å². The summed E-state index contributed by atoms with van der Waals surface area (Å²) in [5, 5.41) is 6.06. The highest BCUT2D eigenvalue weighted by Crippen LogP contribution is 2.30. The van der Waals surface area contributed by atoms with E-state index in [1.807, 2.05) is 25.3 Å². The van der Waals surface area contributed by atoms with Crippen molar-refractivity contribution in [1.29, 1.82) is 0 Å². The molecule has 0 aliphatic rings. The number of ether oxygens (including phenoxy) is 1. The summed E-state index contributed by atoms with van der Waals surface area (Å²) in [6.45, 7) is 5.85. The van der Waals surface area contributed by atoms with Gasteiger partial charge in [-0.3, -0.25) is 4.79 Å². The van der Waals surface area contributed by atoms with Crippen LogP contribution in [0.4, 0.5) is 22.0 Å². The number of nitrogen functional groups attached to an aromatic ring is 1. The Morgan fingerprint density at radius 1 is 1.00 bits per heavy atom. The van der Waals surface area contributed by atoms with Gasteiger partial charge >= 0.3 is 6.03 Å². The van der Waals surface area contributed by atoms with Gasteiger partial charge in [-0.25, -0.2) is 14.8 Å². The predicted octanol–water partition coefficient (Wildman–Crippen LogP) is 4.79. The third-order valence-electron chi connectivity index (χ3n) is 5.53. The van der Waals surface area contributed by atoms with E-state index >= 15 is 0 Å². The fourth-order valence-corrected chi connectivity index (χ4v) is 3.73. The summed E-state index contributed by atoms with van der Waals surface area (Å²) < 4.78 is 7.03. The van der Waals surface area contributed by atoms with Crippen LogP contribution in [0.15, 0.2) is 55.0 Å². The first kappa shape index (κ1) is 22.8. The minimum absolute atomic E-state index is 0.0779. The number of amides is 2. The zero-order valence-electron chi connectivity index (χ0n) is 19.4. The van der Waals surface area contributed by atoms with Gasteiger partial charge in [0.25, 0.3) is 0 Å². The highest BCUT2D eigenvalue weighted by Gasteiger charge is 2.22. The Bertz CT molecular complexity index is 1380. The number of carbonyl (C=O) groups is 2. The third kappa shape index (κ3) is 4.40. The minimum atomic E-state index is -0.429. The topological polar surface area (TPSA) is 124 Å². The van der Waals surface area contributed by atoms with E-state index < -0.39 is 6.03 Å². The van der Waals surface area contributed by atoms with E-state index in [2.05, 4.69) is 20.6 Å². The molecule has 4 rings (SSSR count). The molecule has 0 atom stereocenters. The number of aromatic nitrogens is 3. The number of fused-ring (bicyclic) bond motifs is 1. The molecule has 2 aromatic carbocycles. The molecule has 0 spiro atoms. The largest absolute Gasteiger partial charge is 0.497 e. The van der Waals surface area contributed by atoms with Crippen molar-refractivity contribution >= 4 is 40.0 Å². The monoisotopic (exact) mass is 458 g/mol. The number of anilines is 3. The Balaban J connectivity index is 1.62. The number of methoxy groups -OCH3 is 1. The fraction of sp³-hybridized carbons (Fsp3) is 0.200. The number of hydrogen-bond donors (Lipinski definition) is 3. The molecule has 0 fully saturated rings. The minimum Gasteiger partial charge on any atom is -0.497 e. The molecule has 34 heavy (non-hydrogen) atoms. The predicted molar refractivity (Wildman–Crippen MR) is 133 cm³/mol. The maximum absolute atomic E-state index is 13.6. The van der Waals surface area contributed by atoms with Crippen molar-refractivity contribution in [3.63, 3.8) is 0 Å². The van der Waals surface area contributed by atoms with Gasteiger partial charge in [0.15, 0.2) is 5.78 Å².